The van der Waals surface area contributed by atoms with Gasteiger partial charge in [-0.1, -0.05) is 34.1 Å². The van der Waals surface area contributed by atoms with Gasteiger partial charge in [0.15, 0.2) is 0 Å². The van der Waals surface area contributed by atoms with Crippen LogP contribution in [0.4, 0.5) is 0 Å². The average molecular weight is 259 g/mol. The summed E-state index contributed by atoms with van der Waals surface area (Å²) in [5.41, 5.74) is 0. The Balaban J connectivity index is 0.000000318. The summed E-state index contributed by atoms with van der Waals surface area (Å²) in [4.78, 5) is 0. The molecule has 1 heteroatoms. The minimum atomic E-state index is 1.19. The minimum Gasteiger partial charge on any atom is -0.169 e. The summed E-state index contributed by atoms with van der Waals surface area (Å²) in [7, 11) is 0. The third-order valence-corrected chi connectivity index (χ3v) is 4.35. The van der Waals surface area contributed by atoms with E-state index < -0.39 is 0 Å². The van der Waals surface area contributed by atoms with Crippen LogP contribution in [-0.2, 0) is 0 Å². The number of hydrogen-bond donors (Lipinski definition) is 0. The van der Waals surface area contributed by atoms with Gasteiger partial charge in [-0.05, 0) is 68.3 Å². The molecule has 104 valence electrons. The van der Waals surface area contributed by atoms with Gasteiger partial charge >= 0.3 is 0 Å². The van der Waals surface area contributed by atoms with Gasteiger partial charge in [0, 0.05) is 0 Å². The van der Waals surface area contributed by atoms with Crippen molar-refractivity contribution in [3.63, 3.8) is 0 Å². The predicted octanol–water partition coefficient (Wildman–Crippen LogP) is 5.86. The fourth-order valence-corrected chi connectivity index (χ4v) is 4.02. The Morgan fingerprint density at radius 2 is 1.06 bits per heavy atom. The molecule has 3 aliphatic rings. The maximum Gasteiger partial charge on any atom is -0.0187 e. The molecule has 3 aliphatic carbocycles. The average Bonchev–Trinajstić information content (AvgIpc) is 3.09. The van der Waals surface area contributed by atoms with Crippen molar-refractivity contribution in [2.24, 2.45) is 23.7 Å². The van der Waals surface area contributed by atoms with Crippen molar-refractivity contribution >= 4 is 11.8 Å². The van der Waals surface area contributed by atoms with Crippen LogP contribution in [0.1, 0.15) is 66.2 Å². The molecular formula is C16H34S. The summed E-state index contributed by atoms with van der Waals surface area (Å²) in [5, 5.41) is 0. The molecule has 3 fully saturated rings. The van der Waals surface area contributed by atoms with Crippen LogP contribution in [0.2, 0.25) is 0 Å². The lowest BCUT2D eigenvalue weighted by Crippen LogP contribution is -2.15. The lowest BCUT2D eigenvalue weighted by molar-refractivity contribution is 0.259. The van der Waals surface area contributed by atoms with E-state index in [1.165, 1.54) is 23.7 Å². The third-order valence-electron chi connectivity index (χ3n) is 4.35. The fourth-order valence-electron chi connectivity index (χ4n) is 4.02. The summed E-state index contributed by atoms with van der Waals surface area (Å²) in [5.74, 6) is 4.80. The molecule has 0 saturated heterocycles. The normalized spacial score (nSPS) is 35.6. The second kappa shape index (κ2) is 10.3. The molecule has 0 aromatic carbocycles. The Hall–Kier alpha value is 0.350. The van der Waals surface area contributed by atoms with Crippen LogP contribution in [0.5, 0.6) is 0 Å². The zero-order valence-corrected chi connectivity index (χ0v) is 13.8. The van der Waals surface area contributed by atoms with Gasteiger partial charge in [0.1, 0.15) is 0 Å². The van der Waals surface area contributed by atoms with Crippen LogP contribution in [0.25, 0.3) is 0 Å². The van der Waals surface area contributed by atoms with Crippen LogP contribution in [0.15, 0.2) is 0 Å². The molecule has 0 heterocycles. The maximum atomic E-state index is 2.04. The van der Waals surface area contributed by atoms with Crippen molar-refractivity contribution in [3.05, 3.63) is 0 Å². The van der Waals surface area contributed by atoms with E-state index in [4.69, 9.17) is 0 Å². The van der Waals surface area contributed by atoms with Crippen molar-refractivity contribution < 1.29 is 0 Å². The lowest BCUT2D eigenvalue weighted by atomic mass is 9.82. The Morgan fingerprint density at radius 3 is 1.41 bits per heavy atom. The Labute approximate surface area is 114 Å². The summed E-state index contributed by atoms with van der Waals surface area (Å²) in [6, 6.07) is 0. The molecule has 0 radical (unpaired) electrons. The van der Waals surface area contributed by atoms with Crippen LogP contribution in [0.3, 0.4) is 0 Å². The third kappa shape index (κ3) is 4.50. The molecule has 4 unspecified atom stereocenters. The zero-order valence-electron chi connectivity index (χ0n) is 13.0. The molecule has 17 heavy (non-hydrogen) atoms. The quantitative estimate of drug-likeness (QED) is 0.524. The highest BCUT2D eigenvalue weighted by Gasteiger charge is 2.48. The molecule has 0 aliphatic heterocycles. The molecule has 4 atom stereocenters. The number of thioether (sulfide) groups is 1. The van der Waals surface area contributed by atoms with Crippen LogP contribution in [0, 0.1) is 23.7 Å². The number of rotatable bonds is 0. The van der Waals surface area contributed by atoms with Gasteiger partial charge in [0.05, 0.1) is 0 Å². The highest BCUT2D eigenvalue weighted by Crippen LogP contribution is 2.58. The van der Waals surface area contributed by atoms with Crippen LogP contribution in [-0.4, -0.2) is 12.5 Å². The van der Waals surface area contributed by atoms with Gasteiger partial charge in [-0.25, -0.2) is 0 Å². The van der Waals surface area contributed by atoms with Crippen molar-refractivity contribution in [1.82, 2.24) is 0 Å². The van der Waals surface area contributed by atoms with Gasteiger partial charge < -0.3 is 0 Å². The second-order valence-electron chi connectivity index (χ2n) is 5.00. The maximum absolute atomic E-state index is 2.04. The highest BCUT2D eigenvalue weighted by atomic mass is 32.2. The van der Waals surface area contributed by atoms with Crippen LogP contribution < -0.4 is 0 Å². The zero-order chi connectivity index (χ0) is 13.3. The molecule has 0 amide bonds. The predicted molar refractivity (Wildman–Crippen MR) is 83.8 cm³/mol. The first-order valence-corrected chi connectivity index (χ1v) is 9.40. The van der Waals surface area contributed by atoms with E-state index in [0.717, 1.165) is 0 Å². The van der Waals surface area contributed by atoms with E-state index in [2.05, 4.69) is 0 Å². The Morgan fingerprint density at radius 1 is 0.706 bits per heavy atom. The molecule has 0 aromatic heterocycles. The molecule has 2 bridgehead atoms. The molecule has 0 nitrogen and oxygen atoms in total. The molecule has 0 N–H and O–H groups in total. The molecule has 3 saturated carbocycles. The van der Waals surface area contributed by atoms with Crippen molar-refractivity contribution in [2.75, 3.05) is 12.5 Å². The first-order valence-electron chi connectivity index (χ1n) is 7.77. The second-order valence-corrected chi connectivity index (χ2v) is 5.82. The van der Waals surface area contributed by atoms with Gasteiger partial charge in [-0.2, -0.15) is 11.8 Å². The van der Waals surface area contributed by atoms with Gasteiger partial charge in [0.2, 0.25) is 0 Å². The summed E-state index contributed by atoms with van der Waals surface area (Å²) < 4.78 is 0. The van der Waals surface area contributed by atoms with Crippen molar-refractivity contribution in [1.29, 1.82) is 0 Å². The van der Waals surface area contributed by atoms with E-state index in [1.807, 2.05) is 40.2 Å². The Bertz CT molecular complexity index is 151. The van der Waals surface area contributed by atoms with Gasteiger partial charge in [0.25, 0.3) is 0 Å². The number of fused-ring (bicyclic) bond motifs is 5. The van der Waals surface area contributed by atoms with Crippen molar-refractivity contribution in [3.8, 4) is 0 Å². The fraction of sp³-hybridized carbons (Fsp3) is 1.00. The van der Waals surface area contributed by atoms with Gasteiger partial charge in [-0.15, -0.1) is 0 Å². The van der Waals surface area contributed by atoms with E-state index in [1.54, 1.807) is 50.3 Å². The number of hydrogen-bond acceptors (Lipinski definition) is 1. The largest absolute Gasteiger partial charge is 0.169 e. The van der Waals surface area contributed by atoms with Crippen molar-refractivity contribution in [2.45, 2.75) is 66.2 Å². The standard InChI is InChI=1S/C10H16.C2H6S.2C2H6/c1-2-9-7-4-5-8(6-7)10(9)3-1;1-3-2;2*1-2/h7-10H,1-6H2;1-2H3;2*1-2H3. The Kier molecular flexibility index (Phi) is 10.5. The van der Waals surface area contributed by atoms with Crippen LogP contribution >= 0.6 is 11.8 Å². The molecule has 0 aromatic rings. The SMILES string of the molecule is C1CC2C3CCC(C3)C2C1.CC.CC.CSC. The van der Waals surface area contributed by atoms with E-state index in [0.29, 0.717) is 0 Å². The molecule has 0 spiro atoms. The highest BCUT2D eigenvalue weighted by molar-refractivity contribution is 7.97. The van der Waals surface area contributed by atoms with E-state index in [-0.39, 0.29) is 0 Å². The summed E-state index contributed by atoms with van der Waals surface area (Å²) >= 11 is 1.75. The van der Waals surface area contributed by atoms with E-state index >= 15 is 0 Å². The first-order chi connectivity index (χ1) is 8.36. The lowest BCUT2D eigenvalue weighted by Gasteiger charge is -2.23. The van der Waals surface area contributed by atoms with E-state index in [9.17, 15) is 0 Å². The summed E-state index contributed by atoms with van der Waals surface area (Å²) in [6.07, 6.45) is 13.6. The summed E-state index contributed by atoms with van der Waals surface area (Å²) in [6.45, 7) is 8.00. The minimum absolute atomic E-state index is 1.19. The molecular weight excluding hydrogens is 224 g/mol. The molecule has 3 rings (SSSR count). The first kappa shape index (κ1) is 17.4. The smallest absolute Gasteiger partial charge is 0.0187 e. The van der Waals surface area contributed by atoms with Gasteiger partial charge in [-0.3, -0.25) is 0 Å². The monoisotopic (exact) mass is 258 g/mol. The topological polar surface area (TPSA) is 0 Å².